The lowest BCUT2D eigenvalue weighted by Gasteiger charge is -2.34. The second-order valence-electron chi connectivity index (χ2n) is 4.29. The largest absolute Gasteiger partial charge is 0.347 e. The molecule has 0 unspecified atom stereocenters. The Morgan fingerprint density at radius 3 is 2.57 bits per heavy atom. The Bertz CT molecular complexity index is 312. The number of rotatable bonds is 1. The molecule has 1 aliphatic heterocycles. The van der Waals surface area contributed by atoms with Gasteiger partial charge in [-0.05, 0) is 22.0 Å². The molecule has 0 spiro atoms. The molecule has 4 heteroatoms. The zero-order valence-electron chi connectivity index (χ0n) is 8.25. The molecule has 0 aromatic carbocycles. The van der Waals surface area contributed by atoms with Crippen molar-refractivity contribution in [3.63, 3.8) is 0 Å². The van der Waals surface area contributed by atoms with Crippen LogP contribution in [0.25, 0.3) is 0 Å². The van der Waals surface area contributed by atoms with Crippen LogP contribution in [0, 0.1) is 5.41 Å². The lowest BCUT2D eigenvalue weighted by Crippen LogP contribution is -2.33. The summed E-state index contributed by atoms with van der Waals surface area (Å²) in [6.07, 6.45) is -0.167. The Hall–Kier alpha value is 0.1000. The molecule has 1 aromatic heterocycles. The molecule has 1 aliphatic rings. The summed E-state index contributed by atoms with van der Waals surface area (Å²) in [7, 11) is 0. The number of hydrogen-bond acceptors (Lipinski definition) is 3. The van der Waals surface area contributed by atoms with Crippen molar-refractivity contribution in [3.8, 4) is 0 Å². The van der Waals surface area contributed by atoms with E-state index in [0.717, 1.165) is 22.6 Å². The molecule has 2 heterocycles. The van der Waals surface area contributed by atoms with E-state index in [9.17, 15) is 0 Å². The van der Waals surface area contributed by atoms with E-state index in [-0.39, 0.29) is 11.7 Å². The van der Waals surface area contributed by atoms with Crippen LogP contribution in [0.1, 0.15) is 25.0 Å². The van der Waals surface area contributed by atoms with Gasteiger partial charge in [-0.1, -0.05) is 13.8 Å². The van der Waals surface area contributed by atoms with E-state index in [2.05, 4.69) is 29.8 Å². The van der Waals surface area contributed by atoms with Gasteiger partial charge in [-0.2, -0.15) is 0 Å². The van der Waals surface area contributed by atoms with Gasteiger partial charge in [-0.25, -0.2) is 0 Å². The van der Waals surface area contributed by atoms with Crippen molar-refractivity contribution in [2.45, 2.75) is 20.1 Å². The second-order valence-corrected chi connectivity index (χ2v) is 6.14. The third kappa shape index (κ3) is 2.37. The summed E-state index contributed by atoms with van der Waals surface area (Å²) in [6.45, 7) is 5.81. The summed E-state index contributed by atoms with van der Waals surface area (Å²) in [5, 5.41) is 2.04. The van der Waals surface area contributed by atoms with Crippen molar-refractivity contribution in [2.24, 2.45) is 5.41 Å². The van der Waals surface area contributed by atoms with Gasteiger partial charge in [0.05, 0.1) is 18.1 Å². The lowest BCUT2D eigenvalue weighted by molar-refractivity contribution is -0.224. The zero-order chi connectivity index (χ0) is 10.2. The molecule has 1 aromatic rings. The third-order valence-electron chi connectivity index (χ3n) is 2.07. The van der Waals surface area contributed by atoms with Gasteiger partial charge in [0.15, 0.2) is 6.29 Å². The molecule has 1 fully saturated rings. The van der Waals surface area contributed by atoms with E-state index in [1.165, 1.54) is 0 Å². The number of ether oxygens (including phenoxy) is 2. The fraction of sp³-hybridized carbons (Fsp3) is 0.600. The second kappa shape index (κ2) is 3.93. The molecule has 14 heavy (non-hydrogen) atoms. The first-order valence-electron chi connectivity index (χ1n) is 4.54. The summed E-state index contributed by atoms with van der Waals surface area (Å²) in [6, 6.07) is 2.05. The van der Waals surface area contributed by atoms with Crippen molar-refractivity contribution in [1.29, 1.82) is 0 Å². The van der Waals surface area contributed by atoms with Gasteiger partial charge in [0, 0.05) is 15.3 Å². The molecule has 2 nitrogen and oxygen atoms in total. The lowest BCUT2D eigenvalue weighted by atomic mass is 9.96. The Balaban J connectivity index is 2.02. The van der Waals surface area contributed by atoms with Gasteiger partial charge in [0.1, 0.15) is 0 Å². The van der Waals surface area contributed by atoms with Crippen LogP contribution in [0.3, 0.4) is 0 Å². The maximum Gasteiger partial charge on any atom is 0.193 e. The predicted octanol–water partition coefficient (Wildman–Crippen LogP) is 3.58. The molecule has 0 amide bonds. The molecule has 0 bridgehead atoms. The van der Waals surface area contributed by atoms with Crippen LogP contribution in [0.5, 0.6) is 0 Å². The summed E-state index contributed by atoms with van der Waals surface area (Å²) >= 11 is 5.08. The van der Waals surface area contributed by atoms with Crippen molar-refractivity contribution < 1.29 is 9.47 Å². The van der Waals surface area contributed by atoms with Crippen LogP contribution in [0.2, 0.25) is 0 Å². The average molecular weight is 277 g/mol. The van der Waals surface area contributed by atoms with E-state index in [1.807, 2.05) is 11.4 Å². The van der Waals surface area contributed by atoms with Gasteiger partial charge in [-0.15, -0.1) is 11.3 Å². The zero-order valence-corrected chi connectivity index (χ0v) is 10.7. The maximum absolute atomic E-state index is 5.66. The highest BCUT2D eigenvalue weighted by Gasteiger charge is 2.29. The van der Waals surface area contributed by atoms with Crippen molar-refractivity contribution >= 4 is 27.3 Å². The van der Waals surface area contributed by atoms with Crippen molar-refractivity contribution in [1.82, 2.24) is 0 Å². The molecule has 0 N–H and O–H groups in total. The SMILES string of the molecule is CC1(C)COC(c2cc(Br)cs2)OC1. The van der Waals surface area contributed by atoms with Crippen LogP contribution in [0.4, 0.5) is 0 Å². The van der Waals surface area contributed by atoms with Gasteiger partial charge in [-0.3, -0.25) is 0 Å². The van der Waals surface area contributed by atoms with Crippen LogP contribution in [-0.2, 0) is 9.47 Å². The number of thiophene rings is 1. The Kier molecular flexibility index (Phi) is 2.98. The molecule has 0 atom stereocenters. The van der Waals surface area contributed by atoms with E-state index in [4.69, 9.17) is 9.47 Å². The van der Waals surface area contributed by atoms with Crippen LogP contribution < -0.4 is 0 Å². The first-order valence-corrected chi connectivity index (χ1v) is 6.21. The van der Waals surface area contributed by atoms with Crippen molar-refractivity contribution in [3.05, 3.63) is 20.8 Å². The van der Waals surface area contributed by atoms with E-state index < -0.39 is 0 Å². The first kappa shape index (κ1) is 10.6. The smallest absolute Gasteiger partial charge is 0.193 e. The summed E-state index contributed by atoms with van der Waals surface area (Å²) < 4.78 is 12.4. The molecule has 1 saturated heterocycles. The van der Waals surface area contributed by atoms with Gasteiger partial charge < -0.3 is 9.47 Å². The normalized spacial score (nSPS) is 22.5. The summed E-state index contributed by atoms with van der Waals surface area (Å²) in [5.41, 5.74) is 0.144. The molecular formula is C10H13BrO2S. The van der Waals surface area contributed by atoms with Crippen LogP contribution >= 0.6 is 27.3 Å². The highest BCUT2D eigenvalue weighted by molar-refractivity contribution is 9.10. The minimum atomic E-state index is -0.167. The predicted molar refractivity (Wildman–Crippen MR) is 60.4 cm³/mol. The third-order valence-corrected chi connectivity index (χ3v) is 3.79. The highest BCUT2D eigenvalue weighted by atomic mass is 79.9. The van der Waals surface area contributed by atoms with E-state index in [1.54, 1.807) is 11.3 Å². The monoisotopic (exact) mass is 276 g/mol. The first-order chi connectivity index (χ1) is 6.57. The average Bonchev–Trinajstić information content (AvgIpc) is 2.52. The minimum absolute atomic E-state index is 0.144. The molecular weight excluding hydrogens is 264 g/mol. The summed E-state index contributed by atoms with van der Waals surface area (Å²) in [4.78, 5) is 1.13. The minimum Gasteiger partial charge on any atom is -0.347 e. The Labute approximate surface area is 96.4 Å². The molecule has 0 radical (unpaired) electrons. The molecule has 2 rings (SSSR count). The number of hydrogen-bond donors (Lipinski definition) is 0. The van der Waals surface area contributed by atoms with E-state index in [0.29, 0.717) is 0 Å². The molecule has 0 aliphatic carbocycles. The van der Waals surface area contributed by atoms with Crippen molar-refractivity contribution in [2.75, 3.05) is 13.2 Å². The topological polar surface area (TPSA) is 18.5 Å². The fourth-order valence-electron chi connectivity index (χ4n) is 1.31. The summed E-state index contributed by atoms with van der Waals surface area (Å²) in [5.74, 6) is 0. The Morgan fingerprint density at radius 1 is 1.43 bits per heavy atom. The number of halogens is 1. The van der Waals surface area contributed by atoms with Gasteiger partial charge in [0.2, 0.25) is 0 Å². The standard InChI is InChI=1S/C10H13BrO2S/c1-10(2)5-12-9(13-6-10)8-3-7(11)4-14-8/h3-4,9H,5-6H2,1-2H3. The van der Waals surface area contributed by atoms with Gasteiger partial charge in [0.25, 0.3) is 0 Å². The molecule has 0 saturated carbocycles. The Morgan fingerprint density at radius 2 is 2.07 bits per heavy atom. The quantitative estimate of drug-likeness (QED) is 0.781. The highest BCUT2D eigenvalue weighted by Crippen LogP contribution is 2.34. The molecule has 78 valence electrons. The van der Waals surface area contributed by atoms with Gasteiger partial charge >= 0.3 is 0 Å². The fourth-order valence-corrected chi connectivity index (χ4v) is 2.75. The van der Waals surface area contributed by atoms with Crippen LogP contribution in [0.15, 0.2) is 15.9 Å². The van der Waals surface area contributed by atoms with Crippen LogP contribution in [-0.4, -0.2) is 13.2 Å². The van der Waals surface area contributed by atoms with E-state index >= 15 is 0 Å². The maximum atomic E-state index is 5.66.